The third-order valence-electron chi connectivity index (χ3n) is 2.71. The molecule has 4 nitrogen and oxygen atoms in total. The molecule has 1 aliphatic heterocycles. The quantitative estimate of drug-likeness (QED) is 0.512. The van der Waals surface area contributed by atoms with Crippen molar-refractivity contribution in [2.45, 2.75) is 24.7 Å². The van der Waals surface area contributed by atoms with Gasteiger partial charge in [0.2, 0.25) is 0 Å². The zero-order valence-electron chi connectivity index (χ0n) is 10.1. The molecule has 7 heteroatoms. The molecule has 18 heavy (non-hydrogen) atoms. The van der Waals surface area contributed by atoms with E-state index in [-0.39, 0.29) is 41.2 Å². The minimum absolute atomic E-state index is 0. The summed E-state index contributed by atoms with van der Waals surface area (Å²) in [5.74, 6) is -1.25. The van der Waals surface area contributed by atoms with Gasteiger partial charge in [0.15, 0.2) is 0 Å². The molecular formula is C11H12FNaO4S. The minimum Gasteiger partial charge on any atom is -0.748 e. The van der Waals surface area contributed by atoms with E-state index in [4.69, 9.17) is 4.74 Å². The molecule has 1 unspecified atom stereocenters. The van der Waals surface area contributed by atoms with E-state index in [0.29, 0.717) is 12.2 Å². The summed E-state index contributed by atoms with van der Waals surface area (Å²) < 4.78 is 50.8. The number of rotatable bonds is 3. The summed E-state index contributed by atoms with van der Waals surface area (Å²) >= 11 is 0. The SMILES string of the molecule is O=S(=O)([O-])Cc1cc(F)ccc1C1CCCO1.[Na+]. The van der Waals surface area contributed by atoms with E-state index < -0.39 is 21.7 Å². The largest absolute Gasteiger partial charge is 1.00 e. The Morgan fingerprint density at radius 1 is 1.44 bits per heavy atom. The third kappa shape index (κ3) is 4.29. The average Bonchev–Trinajstić information content (AvgIpc) is 2.68. The molecule has 0 radical (unpaired) electrons. The maximum atomic E-state index is 13.1. The van der Waals surface area contributed by atoms with Crippen molar-refractivity contribution in [1.82, 2.24) is 0 Å². The number of hydrogen-bond donors (Lipinski definition) is 0. The van der Waals surface area contributed by atoms with Gasteiger partial charge in [-0.3, -0.25) is 0 Å². The molecule has 1 fully saturated rings. The van der Waals surface area contributed by atoms with Crippen molar-refractivity contribution < 1.29 is 51.7 Å². The monoisotopic (exact) mass is 282 g/mol. The van der Waals surface area contributed by atoms with Crippen LogP contribution in [0.3, 0.4) is 0 Å². The number of benzene rings is 1. The zero-order valence-corrected chi connectivity index (χ0v) is 12.9. The van der Waals surface area contributed by atoms with Crippen LogP contribution in [0.2, 0.25) is 0 Å². The molecule has 0 saturated carbocycles. The Morgan fingerprint density at radius 3 is 2.72 bits per heavy atom. The summed E-state index contributed by atoms with van der Waals surface area (Å²) in [6, 6.07) is 3.83. The van der Waals surface area contributed by atoms with Crippen molar-refractivity contribution in [3.63, 3.8) is 0 Å². The molecule has 2 rings (SSSR count). The summed E-state index contributed by atoms with van der Waals surface area (Å²) in [5, 5.41) is 0. The molecule has 0 aromatic heterocycles. The van der Waals surface area contributed by atoms with Crippen LogP contribution >= 0.6 is 0 Å². The van der Waals surface area contributed by atoms with E-state index in [1.54, 1.807) is 0 Å². The van der Waals surface area contributed by atoms with Gasteiger partial charge in [-0.15, -0.1) is 0 Å². The first-order valence-electron chi connectivity index (χ1n) is 5.29. The first-order valence-corrected chi connectivity index (χ1v) is 6.87. The molecule has 0 amide bonds. The van der Waals surface area contributed by atoms with Crippen LogP contribution in [0.1, 0.15) is 30.1 Å². The van der Waals surface area contributed by atoms with Crippen LogP contribution in [0.25, 0.3) is 0 Å². The number of ether oxygens (including phenoxy) is 1. The van der Waals surface area contributed by atoms with Crippen LogP contribution in [0, 0.1) is 5.82 Å². The normalized spacial score (nSPS) is 19.6. The predicted molar refractivity (Wildman–Crippen MR) is 57.7 cm³/mol. The fraction of sp³-hybridized carbons (Fsp3) is 0.455. The Kier molecular flexibility index (Phi) is 5.76. The van der Waals surface area contributed by atoms with Crippen LogP contribution < -0.4 is 29.6 Å². The first kappa shape index (κ1) is 16.1. The first-order chi connectivity index (χ1) is 7.96. The van der Waals surface area contributed by atoms with Crippen molar-refractivity contribution in [3.05, 3.63) is 35.1 Å². The second-order valence-electron chi connectivity index (χ2n) is 4.05. The van der Waals surface area contributed by atoms with E-state index in [1.165, 1.54) is 12.1 Å². The van der Waals surface area contributed by atoms with Crippen molar-refractivity contribution >= 4 is 10.1 Å². The minimum atomic E-state index is -4.42. The molecule has 1 heterocycles. The van der Waals surface area contributed by atoms with Crippen molar-refractivity contribution in [3.8, 4) is 0 Å². The summed E-state index contributed by atoms with van der Waals surface area (Å²) in [4.78, 5) is 0. The maximum absolute atomic E-state index is 13.1. The molecule has 1 saturated heterocycles. The molecule has 0 bridgehead atoms. The Morgan fingerprint density at radius 2 is 2.17 bits per heavy atom. The van der Waals surface area contributed by atoms with Gasteiger partial charge in [-0.25, -0.2) is 12.8 Å². The number of halogens is 1. The van der Waals surface area contributed by atoms with Gasteiger partial charge in [0.1, 0.15) is 5.82 Å². The molecule has 1 aromatic rings. The van der Waals surface area contributed by atoms with Gasteiger partial charge in [0.25, 0.3) is 0 Å². The molecule has 94 valence electrons. The van der Waals surface area contributed by atoms with Gasteiger partial charge in [-0.1, -0.05) is 6.07 Å². The molecule has 0 spiro atoms. The Balaban J connectivity index is 0.00000162. The molecular weight excluding hydrogens is 270 g/mol. The summed E-state index contributed by atoms with van der Waals surface area (Å²) in [6.45, 7) is 0.603. The van der Waals surface area contributed by atoms with Crippen LogP contribution in [0.5, 0.6) is 0 Å². The van der Waals surface area contributed by atoms with Crippen LogP contribution in [0.15, 0.2) is 18.2 Å². The Labute approximate surface area is 128 Å². The van der Waals surface area contributed by atoms with Gasteiger partial charge < -0.3 is 9.29 Å². The van der Waals surface area contributed by atoms with Crippen LogP contribution in [0.4, 0.5) is 4.39 Å². The van der Waals surface area contributed by atoms with E-state index in [0.717, 1.165) is 18.9 Å². The van der Waals surface area contributed by atoms with E-state index in [2.05, 4.69) is 0 Å². The topological polar surface area (TPSA) is 66.4 Å². The van der Waals surface area contributed by atoms with Crippen molar-refractivity contribution in [2.75, 3.05) is 6.61 Å². The predicted octanol–water partition coefficient (Wildman–Crippen LogP) is -1.27. The van der Waals surface area contributed by atoms with Crippen LogP contribution in [-0.4, -0.2) is 19.6 Å². The fourth-order valence-corrected chi connectivity index (χ4v) is 2.66. The second-order valence-corrected chi connectivity index (χ2v) is 5.45. The van der Waals surface area contributed by atoms with E-state index >= 15 is 0 Å². The molecule has 0 N–H and O–H groups in total. The van der Waals surface area contributed by atoms with Crippen molar-refractivity contribution in [1.29, 1.82) is 0 Å². The maximum Gasteiger partial charge on any atom is 1.00 e. The Hall–Kier alpha value is 0.0200. The van der Waals surface area contributed by atoms with Gasteiger partial charge in [0.05, 0.1) is 22.0 Å². The molecule has 1 atom stereocenters. The van der Waals surface area contributed by atoms with E-state index in [1.807, 2.05) is 0 Å². The molecule has 1 aromatic carbocycles. The smallest absolute Gasteiger partial charge is 0.748 e. The second kappa shape index (κ2) is 6.45. The fourth-order valence-electron chi connectivity index (χ4n) is 2.03. The van der Waals surface area contributed by atoms with Gasteiger partial charge in [-0.2, -0.15) is 0 Å². The van der Waals surface area contributed by atoms with Crippen molar-refractivity contribution in [2.24, 2.45) is 0 Å². The summed E-state index contributed by atoms with van der Waals surface area (Å²) in [7, 11) is -4.42. The molecule has 1 aliphatic rings. The van der Waals surface area contributed by atoms with Gasteiger partial charge in [0, 0.05) is 6.61 Å². The summed E-state index contributed by atoms with van der Waals surface area (Å²) in [5.41, 5.74) is 0.801. The molecule has 0 aliphatic carbocycles. The summed E-state index contributed by atoms with van der Waals surface area (Å²) in [6.07, 6.45) is 1.41. The van der Waals surface area contributed by atoms with Crippen LogP contribution in [-0.2, 0) is 20.6 Å². The van der Waals surface area contributed by atoms with Gasteiger partial charge in [-0.05, 0) is 36.1 Å². The third-order valence-corrected chi connectivity index (χ3v) is 3.38. The number of hydrogen-bond acceptors (Lipinski definition) is 4. The standard InChI is InChI=1S/C11H13FO4S.Na/c12-9-3-4-10(11-2-1-5-16-11)8(6-9)7-17(13,14)15;/h3-4,6,11H,1-2,5,7H2,(H,13,14,15);/q;+1/p-1. The Bertz CT molecular complexity index is 512. The van der Waals surface area contributed by atoms with E-state index in [9.17, 15) is 17.4 Å². The zero-order chi connectivity index (χ0) is 12.5. The average molecular weight is 282 g/mol. The van der Waals surface area contributed by atoms with Gasteiger partial charge >= 0.3 is 29.6 Å².